The molecule has 132 heavy (non-hydrogen) atoms. The maximum absolute atomic E-state index is 15.0. The largest absolute Gasteiger partial charge is 0.394 e. The van der Waals surface area contributed by atoms with Crippen molar-refractivity contribution < 1.29 is 102 Å². The van der Waals surface area contributed by atoms with Crippen LogP contribution in [-0.4, -0.2) is 283 Å². The lowest BCUT2D eigenvalue weighted by molar-refractivity contribution is -0.301. The fraction of sp³-hybridized carbons (Fsp3) is 0.831. The Labute approximate surface area is 780 Å². The number of unbranched alkanes of at least 4 members (excludes halogenated alkanes) is 6. The summed E-state index contributed by atoms with van der Waals surface area (Å²) in [5.74, 6) is -15.8. The number of nitrogens with one attached hydrogen (secondary N) is 14. The molecule has 43 heteroatoms. The maximum Gasteiger partial charge on any atom is 0.243 e. The van der Waals surface area contributed by atoms with Gasteiger partial charge in [0, 0.05) is 0 Å². The molecule has 34 N–H and O–H groups in total. The second kappa shape index (κ2) is 66.9. The normalized spacial score (nSPS) is 19.8. The highest BCUT2D eigenvalue weighted by Gasteiger charge is 2.46. The highest BCUT2D eigenvalue weighted by molar-refractivity contribution is 6.01. The van der Waals surface area contributed by atoms with Gasteiger partial charge in [-0.25, -0.2) is 0 Å². The summed E-state index contributed by atoms with van der Waals surface area (Å²) in [6.07, 6.45) is -1.46. The van der Waals surface area contributed by atoms with Crippen LogP contribution in [0.3, 0.4) is 0 Å². The first-order valence-electron chi connectivity index (χ1n) is 48.0. The van der Waals surface area contributed by atoms with E-state index in [1.54, 1.807) is 83.1 Å². The number of aliphatic hydroxyl groups is 4. The van der Waals surface area contributed by atoms with Crippen molar-refractivity contribution in [3.05, 3.63) is 0 Å². The fourth-order valence-corrected chi connectivity index (χ4v) is 14.7. The molecule has 1 rings (SSSR count). The smallest absolute Gasteiger partial charge is 0.243 e. The van der Waals surface area contributed by atoms with Crippen LogP contribution >= 0.6 is 0 Å². The number of rotatable bonds is 71. The average molecular weight is 1880 g/mol. The molecule has 0 saturated carbocycles. The Hall–Kier alpha value is -8.47. The molecule has 0 radical (unpaired) electrons. The molecule has 1 saturated heterocycles. The standard InChI is InChI=1S/C89H170N22O21/c1-15-49(8)65(105-64(113)46-96)86(128)109-67(51(10)17-3)82(124)101-56(34-22-28-40-90)77(119)99-60(38-26-32-44-94)80(122)107-70(54(13)20-6)88(130)111-69(53(12)19-5)84(126)103-58(36-24-30-42-92)78(120)100-61(39-27-33-45-95)81(123)108-71(55(14)21-7)87(129)110-68(52(11)18-4)83(125)102-57(35-23-29-41-91)76(118)98-59(37-25-31-43-93)79(121)106-66(50(9)16-2)85(127)104-62(75(97)117)48-131-89-74(116)73(115)72(114)63(47-112)132-89/h49-63,65-74,89,112,114-116H,15-48,90-96H2,1-14H3,(H2,97,117)(H,98,118)(H,99,119)(H,100,120)(H,101,124)(H,102,125)(H,103,126)(H,104,127)(H,105,113)(H,106,121)(H,107,122)(H,108,123)(H,109,128)(H,110,129)(H,111,130)/t49-,50-,51-,52-,53-,54-,55-,56-,57-,58-,59-,60-,61-,62-,63+,65-,66-,67-,68-,69-,70-,71-,72+,73-,74+,89+/m0/s1. The number of nitrogens with two attached hydrogens (primary N) is 8. The number of hydrogen-bond donors (Lipinski definition) is 26. The molecule has 762 valence electrons. The van der Waals surface area contributed by atoms with E-state index in [1.165, 1.54) is 0 Å². The van der Waals surface area contributed by atoms with Gasteiger partial charge in [0.25, 0.3) is 0 Å². The van der Waals surface area contributed by atoms with E-state index in [1.807, 2.05) is 13.8 Å². The van der Waals surface area contributed by atoms with E-state index in [9.17, 15) is 82.8 Å². The highest BCUT2D eigenvalue weighted by Crippen LogP contribution is 2.25. The van der Waals surface area contributed by atoms with Crippen molar-refractivity contribution in [2.24, 2.45) is 87.3 Å². The van der Waals surface area contributed by atoms with Gasteiger partial charge in [-0.1, -0.05) is 142 Å². The molecule has 0 aromatic rings. The minimum absolute atomic E-state index is 0.00311. The van der Waals surface area contributed by atoms with Crippen molar-refractivity contribution in [1.82, 2.24) is 74.4 Å². The molecule has 1 aliphatic heterocycles. The van der Waals surface area contributed by atoms with Crippen molar-refractivity contribution >= 4 is 88.6 Å². The summed E-state index contributed by atoms with van der Waals surface area (Å²) < 4.78 is 10.9. The number of primary amides is 1. The first-order chi connectivity index (χ1) is 62.6. The molecule has 26 atom stereocenters. The van der Waals surface area contributed by atoms with Crippen LogP contribution in [-0.2, 0) is 81.4 Å². The van der Waals surface area contributed by atoms with Gasteiger partial charge in [0.2, 0.25) is 88.6 Å². The topological polar surface area (TPSA) is 732 Å². The van der Waals surface area contributed by atoms with Gasteiger partial charge in [-0.15, -0.1) is 0 Å². The molecule has 0 spiro atoms. The molecule has 1 fully saturated rings. The molecular formula is C89H170N22O21. The van der Waals surface area contributed by atoms with Crippen LogP contribution < -0.4 is 120 Å². The molecular weight excluding hydrogens is 1710 g/mol. The van der Waals surface area contributed by atoms with Gasteiger partial charge in [0.05, 0.1) is 19.8 Å². The van der Waals surface area contributed by atoms with Crippen molar-refractivity contribution in [2.75, 3.05) is 59.0 Å². The molecule has 0 aromatic heterocycles. The summed E-state index contributed by atoms with van der Waals surface area (Å²) in [5, 5.41) is 79.6. The zero-order valence-corrected chi connectivity index (χ0v) is 80.9. The Balaban J connectivity index is 3.82. The van der Waals surface area contributed by atoms with E-state index in [-0.39, 0.29) is 90.3 Å². The summed E-state index contributed by atoms with van der Waals surface area (Å²) in [6.45, 7) is 24.0. The van der Waals surface area contributed by atoms with E-state index in [0.29, 0.717) is 122 Å². The zero-order valence-electron chi connectivity index (χ0n) is 80.9. The summed E-state index contributed by atoms with van der Waals surface area (Å²) >= 11 is 0. The van der Waals surface area contributed by atoms with Gasteiger partial charge in [-0.05, 0) is 196 Å². The predicted molar refractivity (Wildman–Crippen MR) is 499 cm³/mol. The lowest BCUT2D eigenvalue weighted by Gasteiger charge is -2.39. The van der Waals surface area contributed by atoms with Gasteiger partial charge in [0.1, 0.15) is 109 Å². The molecule has 0 aromatic carbocycles. The monoisotopic (exact) mass is 1880 g/mol. The lowest BCUT2D eigenvalue weighted by Crippen LogP contribution is -2.63. The van der Waals surface area contributed by atoms with Crippen LogP contribution in [0.2, 0.25) is 0 Å². The van der Waals surface area contributed by atoms with Crippen molar-refractivity contribution in [2.45, 2.75) is 373 Å². The summed E-state index contributed by atoms with van der Waals surface area (Å²) in [6, 6.07) is -18.6. The zero-order chi connectivity index (χ0) is 100. The number of hydrogen-bond acceptors (Lipinski definition) is 28. The van der Waals surface area contributed by atoms with E-state index in [0.717, 1.165) is 0 Å². The van der Waals surface area contributed by atoms with Gasteiger partial charge in [0.15, 0.2) is 6.29 Å². The second-order valence-corrected chi connectivity index (χ2v) is 35.4. The highest BCUT2D eigenvalue weighted by atomic mass is 16.7. The van der Waals surface area contributed by atoms with Crippen molar-refractivity contribution in [3.63, 3.8) is 0 Å². The van der Waals surface area contributed by atoms with Crippen LogP contribution in [0.1, 0.15) is 257 Å². The molecule has 43 nitrogen and oxygen atoms in total. The minimum Gasteiger partial charge on any atom is -0.394 e. The Morgan fingerprint density at radius 2 is 0.477 bits per heavy atom. The third kappa shape index (κ3) is 42.2. The number of carbonyl (C=O) groups excluding carboxylic acids is 15. The van der Waals surface area contributed by atoms with Crippen molar-refractivity contribution in [1.29, 1.82) is 0 Å². The third-order valence-corrected chi connectivity index (χ3v) is 25.2. The van der Waals surface area contributed by atoms with E-state index >= 15 is 9.59 Å². The van der Waals surface area contributed by atoms with Gasteiger partial charge in [-0.2, -0.15) is 0 Å². The van der Waals surface area contributed by atoms with Gasteiger partial charge >= 0.3 is 0 Å². The number of aliphatic hydroxyl groups excluding tert-OH is 4. The van der Waals surface area contributed by atoms with E-state index in [2.05, 4.69) is 74.4 Å². The first kappa shape index (κ1) is 122. The average Bonchev–Trinajstić information content (AvgIpc) is 0.837. The van der Waals surface area contributed by atoms with Gasteiger partial charge < -0.3 is 150 Å². The van der Waals surface area contributed by atoms with Gasteiger partial charge in [-0.3, -0.25) is 71.9 Å². The minimum atomic E-state index is -1.85. The van der Waals surface area contributed by atoms with Crippen LogP contribution in [0.15, 0.2) is 0 Å². The Morgan fingerprint density at radius 3 is 0.682 bits per heavy atom. The van der Waals surface area contributed by atoms with Crippen LogP contribution in [0.5, 0.6) is 0 Å². The molecule has 0 unspecified atom stereocenters. The Morgan fingerprint density at radius 1 is 0.280 bits per heavy atom. The fourth-order valence-electron chi connectivity index (χ4n) is 14.7. The summed E-state index contributed by atoms with van der Waals surface area (Å²) in [4.78, 5) is 216. The molecule has 1 aliphatic rings. The summed E-state index contributed by atoms with van der Waals surface area (Å²) in [5.41, 5.74) is 46.7. The summed E-state index contributed by atoms with van der Waals surface area (Å²) in [7, 11) is 0. The van der Waals surface area contributed by atoms with Crippen LogP contribution in [0, 0.1) is 41.4 Å². The maximum atomic E-state index is 15.0. The predicted octanol–water partition coefficient (Wildman–Crippen LogP) is -3.87. The SMILES string of the molecule is CC[C@H](C)[C@H](NC(=O)CN)C(=O)N[C@H](C(=O)N[C@@H](CCCCN)C(=O)N[C@@H](CCCCN)C(=O)N[C@H](C(=O)N[C@H](C(=O)N[C@@H](CCCCN)C(=O)N[C@@H](CCCCN)C(=O)N[C@H](C(=O)N[C@H](C(=O)N[C@@H](CCCCN)C(=O)N[C@@H](CCCCN)C(=O)N[C@H](C(=O)N[C@@H](CO[C@@H]1O[C@H](CO)[C@@H](O)[C@H](O)[C@H]1O)C(N)=O)[C@@H](C)CC)[C@@H](C)CC)[C@@H](C)CC)[C@@H](C)CC)[C@@H](C)CC)[C@@H](C)CC. The van der Waals surface area contributed by atoms with E-state index < -0.39 is 253 Å². The third-order valence-electron chi connectivity index (χ3n) is 25.2. The second-order valence-electron chi connectivity index (χ2n) is 35.4. The number of carbonyl (C=O) groups is 15. The molecule has 0 aliphatic carbocycles. The van der Waals surface area contributed by atoms with Crippen LogP contribution in [0.25, 0.3) is 0 Å². The number of ether oxygens (including phenoxy) is 2. The Bertz CT molecular complexity index is 3480. The Kier molecular flexibility index (Phi) is 61.6. The molecule has 0 bridgehead atoms. The molecule has 15 amide bonds. The lowest BCUT2D eigenvalue weighted by atomic mass is 9.94. The van der Waals surface area contributed by atoms with E-state index in [4.69, 9.17) is 55.3 Å². The van der Waals surface area contributed by atoms with Crippen LogP contribution in [0.4, 0.5) is 0 Å². The van der Waals surface area contributed by atoms with Crippen molar-refractivity contribution in [3.8, 4) is 0 Å². The first-order valence-corrected chi connectivity index (χ1v) is 48.0. The molecule has 1 heterocycles. The number of amides is 15. The quantitative estimate of drug-likeness (QED) is 0.0259.